The van der Waals surface area contributed by atoms with Gasteiger partial charge < -0.3 is 14.8 Å². The molecule has 0 heterocycles. The van der Waals surface area contributed by atoms with Crippen molar-refractivity contribution in [3.05, 3.63) is 23.8 Å². The van der Waals surface area contributed by atoms with Crippen LogP contribution in [-0.4, -0.2) is 27.3 Å². The van der Waals surface area contributed by atoms with E-state index in [2.05, 4.69) is 11.4 Å². The average molecular weight is 220 g/mol. The Hall–Kier alpha value is -1.73. The van der Waals surface area contributed by atoms with Crippen molar-refractivity contribution >= 4 is 0 Å². The lowest BCUT2D eigenvalue weighted by molar-refractivity contribution is 0.354. The smallest absolute Gasteiger partial charge is 0.160 e. The van der Waals surface area contributed by atoms with Crippen molar-refractivity contribution in [1.29, 1.82) is 5.26 Å². The van der Waals surface area contributed by atoms with Crippen molar-refractivity contribution in [1.82, 2.24) is 5.32 Å². The molecule has 0 unspecified atom stereocenters. The summed E-state index contributed by atoms with van der Waals surface area (Å²) in [6.45, 7) is 0. The van der Waals surface area contributed by atoms with Gasteiger partial charge in [-0.15, -0.1) is 0 Å². The van der Waals surface area contributed by atoms with Crippen LogP contribution in [0.1, 0.15) is 5.56 Å². The number of ether oxygens (including phenoxy) is 2. The Kier molecular flexibility index (Phi) is 4.62. The van der Waals surface area contributed by atoms with Gasteiger partial charge in [0.1, 0.15) is 0 Å². The highest BCUT2D eigenvalue weighted by atomic mass is 16.5. The minimum Gasteiger partial charge on any atom is -0.493 e. The van der Waals surface area contributed by atoms with Crippen molar-refractivity contribution in [2.75, 3.05) is 21.3 Å². The van der Waals surface area contributed by atoms with Crippen molar-refractivity contribution in [2.45, 2.75) is 12.5 Å². The first kappa shape index (κ1) is 12.3. The van der Waals surface area contributed by atoms with E-state index < -0.39 is 0 Å². The Bertz CT molecular complexity index is 385. The van der Waals surface area contributed by atoms with Crippen molar-refractivity contribution < 1.29 is 9.47 Å². The number of hydrogen-bond donors (Lipinski definition) is 1. The van der Waals surface area contributed by atoms with E-state index in [0.717, 1.165) is 5.56 Å². The molecule has 0 aliphatic heterocycles. The maximum Gasteiger partial charge on any atom is 0.160 e. The summed E-state index contributed by atoms with van der Waals surface area (Å²) in [6.07, 6.45) is 0.646. The molecule has 0 bridgehead atoms. The first-order chi connectivity index (χ1) is 7.74. The normalized spacial score (nSPS) is 11.6. The zero-order chi connectivity index (χ0) is 12.0. The van der Waals surface area contributed by atoms with Crippen LogP contribution in [-0.2, 0) is 6.42 Å². The van der Waals surface area contributed by atoms with Gasteiger partial charge in [0.15, 0.2) is 11.5 Å². The molecule has 0 fully saturated rings. The Morgan fingerprint density at radius 3 is 2.50 bits per heavy atom. The molecule has 0 aliphatic carbocycles. The number of hydrogen-bond acceptors (Lipinski definition) is 4. The van der Waals surface area contributed by atoms with Gasteiger partial charge in [-0.05, 0) is 24.7 Å². The molecule has 0 saturated heterocycles. The van der Waals surface area contributed by atoms with Gasteiger partial charge in [-0.3, -0.25) is 0 Å². The predicted molar refractivity (Wildman–Crippen MR) is 61.7 cm³/mol. The molecule has 0 saturated carbocycles. The summed E-state index contributed by atoms with van der Waals surface area (Å²) in [7, 11) is 4.97. The second-order valence-corrected chi connectivity index (χ2v) is 3.36. The largest absolute Gasteiger partial charge is 0.493 e. The van der Waals surface area contributed by atoms with Gasteiger partial charge in [-0.1, -0.05) is 6.07 Å². The molecule has 16 heavy (non-hydrogen) atoms. The molecule has 0 spiro atoms. The minimum atomic E-state index is -0.182. The zero-order valence-electron chi connectivity index (χ0n) is 9.78. The number of nitrogens with zero attached hydrogens (tertiary/aromatic N) is 1. The fraction of sp³-hybridized carbons (Fsp3) is 0.417. The molecular weight excluding hydrogens is 204 g/mol. The summed E-state index contributed by atoms with van der Waals surface area (Å²) < 4.78 is 10.3. The number of rotatable bonds is 5. The molecule has 1 atom stereocenters. The molecule has 1 aromatic carbocycles. The van der Waals surface area contributed by atoms with Crippen LogP contribution < -0.4 is 14.8 Å². The molecule has 1 rings (SSSR count). The molecule has 0 aliphatic rings. The number of benzene rings is 1. The van der Waals surface area contributed by atoms with E-state index in [1.165, 1.54) is 0 Å². The van der Waals surface area contributed by atoms with E-state index in [-0.39, 0.29) is 6.04 Å². The van der Waals surface area contributed by atoms with Gasteiger partial charge in [0, 0.05) is 6.42 Å². The maximum atomic E-state index is 8.85. The van der Waals surface area contributed by atoms with E-state index in [1.807, 2.05) is 18.2 Å². The zero-order valence-corrected chi connectivity index (χ0v) is 9.78. The minimum absolute atomic E-state index is 0.182. The lowest BCUT2D eigenvalue weighted by atomic mass is 10.1. The van der Waals surface area contributed by atoms with Crippen molar-refractivity contribution in [3.63, 3.8) is 0 Å². The Morgan fingerprint density at radius 1 is 1.31 bits per heavy atom. The second kappa shape index (κ2) is 5.99. The third-order valence-corrected chi connectivity index (χ3v) is 2.39. The Balaban J connectivity index is 2.87. The summed E-state index contributed by atoms with van der Waals surface area (Å²) in [5.74, 6) is 1.39. The SMILES string of the molecule is CN[C@H](C#N)Cc1ccc(OC)c(OC)c1. The standard InChI is InChI=1S/C12H16N2O2/c1-14-10(8-13)6-9-4-5-11(15-2)12(7-9)16-3/h4-5,7,10,14H,6H2,1-3H3/t10-/m0/s1. The van der Waals surface area contributed by atoms with Gasteiger partial charge in [0.05, 0.1) is 26.3 Å². The fourth-order valence-corrected chi connectivity index (χ4v) is 1.46. The van der Waals surface area contributed by atoms with Crippen LogP contribution in [0.3, 0.4) is 0 Å². The maximum absolute atomic E-state index is 8.85. The Morgan fingerprint density at radius 2 is 2.00 bits per heavy atom. The highest BCUT2D eigenvalue weighted by molar-refractivity contribution is 5.43. The van der Waals surface area contributed by atoms with Crippen molar-refractivity contribution in [3.8, 4) is 17.6 Å². The number of likely N-dealkylation sites (N-methyl/N-ethyl adjacent to an activating group) is 1. The molecule has 0 amide bonds. The second-order valence-electron chi connectivity index (χ2n) is 3.36. The first-order valence-electron chi connectivity index (χ1n) is 5.03. The lowest BCUT2D eigenvalue weighted by Gasteiger charge is -2.11. The van der Waals surface area contributed by atoms with Crippen LogP contribution in [0.2, 0.25) is 0 Å². The number of nitrogens with one attached hydrogen (secondary N) is 1. The third kappa shape index (κ3) is 2.88. The van der Waals surface area contributed by atoms with Gasteiger partial charge in [0.25, 0.3) is 0 Å². The average Bonchev–Trinajstić information content (AvgIpc) is 2.35. The Labute approximate surface area is 95.8 Å². The van der Waals surface area contributed by atoms with Crippen LogP contribution >= 0.6 is 0 Å². The van der Waals surface area contributed by atoms with Gasteiger partial charge >= 0.3 is 0 Å². The summed E-state index contributed by atoms with van der Waals surface area (Å²) in [4.78, 5) is 0. The fourth-order valence-electron chi connectivity index (χ4n) is 1.46. The highest BCUT2D eigenvalue weighted by Gasteiger charge is 2.09. The molecule has 0 aromatic heterocycles. The number of nitriles is 1. The molecule has 1 aromatic rings. The summed E-state index contributed by atoms with van der Waals surface area (Å²) in [5, 5.41) is 11.8. The topological polar surface area (TPSA) is 54.3 Å². The molecule has 86 valence electrons. The summed E-state index contributed by atoms with van der Waals surface area (Å²) in [5.41, 5.74) is 1.04. The van der Waals surface area contributed by atoms with Crippen LogP contribution in [0.15, 0.2) is 18.2 Å². The van der Waals surface area contributed by atoms with E-state index >= 15 is 0 Å². The van der Waals surface area contributed by atoms with Gasteiger partial charge in [-0.2, -0.15) is 5.26 Å². The molecular formula is C12H16N2O2. The van der Waals surface area contributed by atoms with Gasteiger partial charge in [-0.25, -0.2) is 0 Å². The van der Waals surface area contributed by atoms with Crippen LogP contribution in [0, 0.1) is 11.3 Å². The first-order valence-corrected chi connectivity index (χ1v) is 5.03. The lowest BCUT2D eigenvalue weighted by Crippen LogP contribution is -2.25. The molecule has 1 N–H and O–H groups in total. The summed E-state index contributed by atoms with van der Waals surface area (Å²) >= 11 is 0. The van der Waals surface area contributed by atoms with E-state index in [9.17, 15) is 0 Å². The van der Waals surface area contributed by atoms with E-state index in [1.54, 1.807) is 21.3 Å². The van der Waals surface area contributed by atoms with E-state index in [0.29, 0.717) is 17.9 Å². The quantitative estimate of drug-likeness (QED) is 0.814. The molecule has 4 nitrogen and oxygen atoms in total. The van der Waals surface area contributed by atoms with Crippen LogP contribution in [0.5, 0.6) is 11.5 Å². The number of methoxy groups -OCH3 is 2. The van der Waals surface area contributed by atoms with Gasteiger partial charge in [0.2, 0.25) is 0 Å². The molecule has 0 radical (unpaired) electrons. The predicted octanol–water partition coefficient (Wildman–Crippen LogP) is 1.36. The highest BCUT2D eigenvalue weighted by Crippen LogP contribution is 2.27. The monoisotopic (exact) mass is 220 g/mol. The van der Waals surface area contributed by atoms with Crippen molar-refractivity contribution in [2.24, 2.45) is 0 Å². The van der Waals surface area contributed by atoms with Crippen LogP contribution in [0.4, 0.5) is 0 Å². The summed E-state index contributed by atoms with van der Waals surface area (Å²) in [6, 6.07) is 7.67. The van der Waals surface area contributed by atoms with E-state index in [4.69, 9.17) is 14.7 Å². The molecule has 4 heteroatoms. The third-order valence-electron chi connectivity index (χ3n) is 2.39. The van der Waals surface area contributed by atoms with Crippen LogP contribution in [0.25, 0.3) is 0 Å².